The standard InChI is InChI=1S/C22H16N2O4/c1-3-15-16(4-2)20(26)23(19(15)25)13-8-7-9-14(12-13)24-21(27)17-10-5-6-11-18(17)22(24)28/h3-12H,1-2H3/b15-3+,16-4+. The monoisotopic (exact) mass is 372 g/mol. The quantitative estimate of drug-likeness (QED) is 0.599. The molecule has 0 bridgehead atoms. The number of nitrogens with zero attached hydrogens (tertiary/aromatic N) is 2. The molecular formula is C22H16N2O4. The summed E-state index contributed by atoms with van der Waals surface area (Å²) in [5, 5.41) is 0. The van der Waals surface area contributed by atoms with Crippen molar-refractivity contribution in [1.82, 2.24) is 0 Å². The van der Waals surface area contributed by atoms with Crippen LogP contribution in [0.2, 0.25) is 0 Å². The van der Waals surface area contributed by atoms with Gasteiger partial charge in [0.1, 0.15) is 0 Å². The summed E-state index contributed by atoms with van der Waals surface area (Å²) in [6.07, 6.45) is 3.20. The summed E-state index contributed by atoms with van der Waals surface area (Å²) in [5.41, 5.74) is 1.94. The van der Waals surface area contributed by atoms with Crippen molar-refractivity contribution in [2.24, 2.45) is 0 Å². The molecule has 28 heavy (non-hydrogen) atoms. The first-order valence-electron chi connectivity index (χ1n) is 8.79. The van der Waals surface area contributed by atoms with E-state index in [1.807, 2.05) is 0 Å². The Bertz CT molecular complexity index is 1060. The van der Waals surface area contributed by atoms with Crippen molar-refractivity contribution < 1.29 is 19.2 Å². The molecule has 0 atom stereocenters. The summed E-state index contributed by atoms with van der Waals surface area (Å²) in [7, 11) is 0. The molecule has 1 fully saturated rings. The Morgan fingerprint density at radius 1 is 0.607 bits per heavy atom. The average Bonchev–Trinajstić information content (AvgIpc) is 3.11. The second-order valence-corrected chi connectivity index (χ2v) is 6.36. The number of hydrogen-bond acceptors (Lipinski definition) is 4. The number of imide groups is 2. The number of benzene rings is 2. The molecule has 0 aliphatic carbocycles. The minimum atomic E-state index is -0.430. The van der Waals surface area contributed by atoms with Crippen LogP contribution in [-0.4, -0.2) is 23.6 Å². The predicted molar refractivity (Wildman–Crippen MR) is 104 cm³/mol. The predicted octanol–water partition coefficient (Wildman–Crippen LogP) is 3.25. The largest absolute Gasteiger partial charge is 0.268 e. The topological polar surface area (TPSA) is 74.8 Å². The van der Waals surface area contributed by atoms with E-state index in [4.69, 9.17) is 0 Å². The first-order chi connectivity index (χ1) is 13.5. The molecule has 0 spiro atoms. The zero-order valence-corrected chi connectivity index (χ0v) is 15.3. The molecule has 2 heterocycles. The Hall–Kier alpha value is -3.80. The molecule has 0 aromatic heterocycles. The second-order valence-electron chi connectivity index (χ2n) is 6.36. The number of anilines is 2. The van der Waals surface area contributed by atoms with Gasteiger partial charge in [-0.25, -0.2) is 9.80 Å². The molecule has 0 N–H and O–H groups in total. The van der Waals surface area contributed by atoms with Gasteiger partial charge in [-0.15, -0.1) is 0 Å². The Morgan fingerprint density at radius 3 is 1.46 bits per heavy atom. The highest BCUT2D eigenvalue weighted by Gasteiger charge is 2.40. The first kappa shape index (κ1) is 17.6. The normalized spacial score (nSPS) is 19.4. The van der Waals surface area contributed by atoms with Gasteiger partial charge in [0.2, 0.25) is 0 Å². The molecule has 6 heteroatoms. The van der Waals surface area contributed by atoms with E-state index in [1.54, 1.807) is 68.5 Å². The van der Waals surface area contributed by atoms with E-state index in [0.29, 0.717) is 33.6 Å². The summed E-state index contributed by atoms with van der Waals surface area (Å²) in [6, 6.07) is 12.9. The van der Waals surface area contributed by atoms with Crippen molar-refractivity contribution in [1.29, 1.82) is 0 Å². The van der Waals surface area contributed by atoms with E-state index in [9.17, 15) is 19.2 Å². The molecular weight excluding hydrogens is 356 g/mol. The summed E-state index contributed by atoms with van der Waals surface area (Å²) in [6.45, 7) is 3.39. The fraction of sp³-hybridized carbons (Fsp3) is 0.0909. The Balaban J connectivity index is 1.77. The molecule has 6 nitrogen and oxygen atoms in total. The van der Waals surface area contributed by atoms with Crippen LogP contribution in [0.15, 0.2) is 71.8 Å². The van der Waals surface area contributed by atoms with Crippen LogP contribution >= 0.6 is 0 Å². The van der Waals surface area contributed by atoms with Gasteiger partial charge in [-0.1, -0.05) is 30.4 Å². The van der Waals surface area contributed by atoms with Crippen molar-refractivity contribution >= 4 is 35.0 Å². The lowest BCUT2D eigenvalue weighted by atomic mass is 10.1. The lowest BCUT2D eigenvalue weighted by Crippen LogP contribution is -2.31. The minimum absolute atomic E-state index is 0.306. The molecule has 138 valence electrons. The Kier molecular flexibility index (Phi) is 4.04. The highest BCUT2D eigenvalue weighted by atomic mass is 16.2. The fourth-order valence-electron chi connectivity index (χ4n) is 3.55. The number of carbonyl (C=O) groups is 4. The molecule has 0 unspecified atom stereocenters. The van der Waals surface area contributed by atoms with Gasteiger partial charge in [-0.3, -0.25) is 19.2 Å². The number of hydrogen-bond donors (Lipinski definition) is 0. The molecule has 1 saturated heterocycles. The lowest BCUT2D eigenvalue weighted by Gasteiger charge is -2.18. The van der Waals surface area contributed by atoms with E-state index >= 15 is 0 Å². The van der Waals surface area contributed by atoms with Crippen LogP contribution in [0.5, 0.6) is 0 Å². The van der Waals surface area contributed by atoms with E-state index < -0.39 is 23.6 Å². The molecule has 0 radical (unpaired) electrons. The first-order valence-corrected chi connectivity index (χ1v) is 8.79. The lowest BCUT2D eigenvalue weighted by molar-refractivity contribution is -0.119. The number of rotatable bonds is 2. The molecule has 4 amide bonds. The molecule has 4 rings (SSSR count). The fourth-order valence-corrected chi connectivity index (χ4v) is 3.55. The van der Waals surface area contributed by atoms with Crippen LogP contribution in [0.25, 0.3) is 0 Å². The van der Waals surface area contributed by atoms with Crippen molar-refractivity contribution in [3.8, 4) is 0 Å². The maximum Gasteiger partial charge on any atom is 0.266 e. The van der Waals surface area contributed by atoms with Crippen LogP contribution in [0.4, 0.5) is 11.4 Å². The van der Waals surface area contributed by atoms with Crippen LogP contribution < -0.4 is 9.80 Å². The molecule has 2 aliphatic rings. The average molecular weight is 372 g/mol. The Morgan fingerprint density at radius 2 is 1.04 bits per heavy atom. The van der Waals surface area contributed by atoms with E-state index in [2.05, 4.69) is 0 Å². The van der Waals surface area contributed by atoms with Gasteiger partial charge in [0.15, 0.2) is 0 Å². The number of fused-ring (bicyclic) bond motifs is 1. The summed E-state index contributed by atoms with van der Waals surface area (Å²) < 4.78 is 0. The van der Waals surface area contributed by atoms with Crippen molar-refractivity contribution in [3.63, 3.8) is 0 Å². The number of carbonyl (C=O) groups excluding carboxylic acids is 4. The summed E-state index contributed by atoms with van der Waals surface area (Å²) in [5.74, 6) is -1.72. The van der Waals surface area contributed by atoms with Gasteiger partial charge in [0.05, 0.1) is 22.5 Å². The molecule has 2 aliphatic heterocycles. The number of amides is 4. The zero-order valence-electron chi connectivity index (χ0n) is 15.3. The highest BCUT2D eigenvalue weighted by molar-refractivity contribution is 6.37. The smallest absolute Gasteiger partial charge is 0.266 e. The van der Waals surface area contributed by atoms with Gasteiger partial charge in [0.25, 0.3) is 23.6 Å². The van der Waals surface area contributed by atoms with Crippen LogP contribution in [0.1, 0.15) is 34.6 Å². The number of allylic oxidation sites excluding steroid dienone is 2. The van der Waals surface area contributed by atoms with Crippen molar-refractivity contribution in [3.05, 3.63) is 83.0 Å². The molecule has 2 aromatic carbocycles. The third-order valence-corrected chi connectivity index (χ3v) is 4.87. The molecule has 2 aromatic rings. The van der Waals surface area contributed by atoms with Gasteiger partial charge in [-0.2, -0.15) is 0 Å². The van der Waals surface area contributed by atoms with E-state index in [-0.39, 0.29) is 0 Å². The maximum absolute atomic E-state index is 12.7. The van der Waals surface area contributed by atoms with Crippen LogP contribution in [0, 0.1) is 0 Å². The summed E-state index contributed by atoms with van der Waals surface area (Å²) >= 11 is 0. The third-order valence-electron chi connectivity index (χ3n) is 4.87. The third kappa shape index (κ3) is 2.35. The van der Waals surface area contributed by atoms with Gasteiger partial charge < -0.3 is 0 Å². The maximum atomic E-state index is 12.7. The zero-order chi connectivity index (χ0) is 20.0. The van der Waals surface area contributed by atoms with E-state index in [0.717, 1.165) is 9.80 Å². The van der Waals surface area contributed by atoms with Crippen molar-refractivity contribution in [2.45, 2.75) is 13.8 Å². The Labute approximate surface area is 161 Å². The second kappa shape index (κ2) is 6.42. The minimum Gasteiger partial charge on any atom is -0.268 e. The van der Waals surface area contributed by atoms with Crippen molar-refractivity contribution in [2.75, 3.05) is 9.80 Å². The SMILES string of the molecule is C/C=C1/C(=O)N(c2cccc(N3C(=O)c4ccccc4C3=O)c2)C(=O)/C1=C/C. The highest BCUT2D eigenvalue weighted by Crippen LogP contribution is 2.34. The summed E-state index contributed by atoms with van der Waals surface area (Å²) in [4.78, 5) is 52.9. The molecule has 0 saturated carbocycles. The van der Waals surface area contributed by atoms with Gasteiger partial charge in [-0.05, 0) is 44.2 Å². The van der Waals surface area contributed by atoms with Gasteiger partial charge >= 0.3 is 0 Å². The van der Waals surface area contributed by atoms with Gasteiger partial charge in [0, 0.05) is 11.1 Å². The van der Waals surface area contributed by atoms with Crippen LogP contribution in [0.3, 0.4) is 0 Å². The van der Waals surface area contributed by atoms with E-state index in [1.165, 1.54) is 6.07 Å². The van der Waals surface area contributed by atoms with Crippen LogP contribution in [-0.2, 0) is 9.59 Å².